The number of rotatable bonds is 3. The summed E-state index contributed by atoms with van der Waals surface area (Å²) >= 11 is 3.77. The van der Waals surface area contributed by atoms with Gasteiger partial charge in [-0.1, -0.05) is 30.8 Å². The molecule has 0 aromatic heterocycles. The van der Waals surface area contributed by atoms with E-state index in [2.05, 4.69) is 37.6 Å². The molecule has 0 bridgehead atoms. The van der Waals surface area contributed by atoms with Crippen LogP contribution in [0.4, 0.5) is 0 Å². The van der Waals surface area contributed by atoms with Gasteiger partial charge in [0.05, 0.1) is 0 Å². The summed E-state index contributed by atoms with van der Waals surface area (Å²) in [7, 11) is 0. The molecule has 0 radical (unpaired) electrons. The van der Waals surface area contributed by atoms with E-state index in [0.717, 1.165) is 6.42 Å². The third kappa shape index (κ3) is 2.23. The van der Waals surface area contributed by atoms with Crippen LogP contribution in [0.2, 0.25) is 0 Å². The fourth-order valence-corrected chi connectivity index (χ4v) is 3.05. The van der Waals surface area contributed by atoms with Gasteiger partial charge in [-0.25, -0.2) is 0 Å². The molecule has 0 saturated carbocycles. The molecule has 1 aliphatic heterocycles. The Morgan fingerprint density at radius 3 is 2.92 bits per heavy atom. The molecular weight excluding hydrogens is 186 g/mol. The van der Waals surface area contributed by atoms with Gasteiger partial charge in [0.25, 0.3) is 0 Å². The van der Waals surface area contributed by atoms with E-state index in [1.165, 1.54) is 10.6 Å². The second-order valence-electron chi connectivity index (χ2n) is 2.53. The number of hydrogen-bond acceptors (Lipinski definition) is 3. The molecule has 3 heteroatoms. The number of thioether (sulfide) groups is 2. The van der Waals surface area contributed by atoms with Crippen LogP contribution in [0.1, 0.15) is 20.3 Å². The average Bonchev–Trinajstić information content (AvgIpc) is 2.48. The standard InChI is InChI=1S/C9H15NS2/c1-4-6-8-7(5-2)10-9(11-3)12-8/h4,6,9-10H,5H2,1-3H3/b6-4-. The van der Waals surface area contributed by atoms with Gasteiger partial charge in [0.15, 0.2) is 0 Å². The van der Waals surface area contributed by atoms with Crippen LogP contribution in [0.15, 0.2) is 22.8 Å². The second kappa shape index (κ2) is 4.87. The Morgan fingerprint density at radius 2 is 2.42 bits per heavy atom. The van der Waals surface area contributed by atoms with Gasteiger partial charge >= 0.3 is 0 Å². The summed E-state index contributed by atoms with van der Waals surface area (Å²) in [6, 6.07) is 0. The lowest BCUT2D eigenvalue weighted by Gasteiger charge is -2.06. The molecule has 0 fully saturated rings. The molecule has 1 aliphatic rings. The SMILES string of the molecule is C/C=C\C1=C(CC)NC(SC)S1. The fraction of sp³-hybridized carbons (Fsp3) is 0.556. The van der Waals surface area contributed by atoms with Crippen LogP contribution in [-0.2, 0) is 0 Å². The molecule has 0 saturated heterocycles. The lowest BCUT2D eigenvalue weighted by Crippen LogP contribution is -2.15. The molecule has 1 rings (SSSR count). The van der Waals surface area contributed by atoms with E-state index in [1.54, 1.807) is 0 Å². The normalized spacial score (nSPS) is 23.8. The van der Waals surface area contributed by atoms with Crippen molar-refractivity contribution in [2.75, 3.05) is 6.26 Å². The number of nitrogens with one attached hydrogen (secondary N) is 1. The van der Waals surface area contributed by atoms with E-state index >= 15 is 0 Å². The highest BCUT2D eigenvalue weighted by atomic mass is 32.2. The zero-order chi connectivity index (χ0) is 8.97. The van der Waals surface area contributed by atoms with Crippen LogP contribution < -0.4 is 5.32 Å². The minimum Gasteiger partial charge on any atom is -0.367 e. The van der Waals surface area contributed by atoms with Crippen molar-refractivity contribution >= 4 is 23.5 Å². The lowest BCUT2D eigenvalue weighted by atomic mass is 10.3. The van der Waals surface area contributed by atoms with Crippen molar-refractivity contribution in [2.24, 2.45) is 0 Å². The minimum atomic E-state index is 0.520. The minimum absolute atomic E-state index is 0.520. The van der Waals surface area contributed by atoms with Crippen LogP contribution in [-0.4, -0.2) is 11.0 Å². The molecule has 0 spiro atoms. The predicted octanol–water partition coefficient (Wildman–Crippen LogP) is 3.17. The van der Waals surface area contributed by atoms with Crippen molar-refractivity contribution in [2.45, 2.75) is 25.0 Å². The maximum atomic E-state index is 3.48. The Balaban J connectivity index is 2.66. The maximum absolute atomic E-state index is 3.48. The van der Waals surface area contributed by atoms with Gasteiger partial charge in [0, 0.05) is 10.6 Å². The molecular formula is C9H15NS2. The first-order valence-electron chi connectivity index (χ1n) is 4.13. The maximum Gasteiger partial charge on any atom is 0.124 e. The average molecular weight is 201 g/mol. The molecule has 12 heavy (non-hydrogen) atoms. The molecule has 0 aromatic rings. The molecule has 1 N–H and O–H groups in total. The molecule has 0 aliphatic carbocycles. The predicted molar refractivity (Wildman–Crippen MR) is 60.2 cm³/mol. The molecule has 1 nitrogen and oxygen atoms in total. The van der Waals surface area contributed by atoms with E-state index in [0.29, 0.717) is 4.71 Å². The molecule has 1 atom stereocenters. The van der Waals surface area contributed by atoms with Gasteiger partial charge in [0.1, 0.15) is 4.71 Å². The lowest BCUT2D eigenvalue weighted by molar-refractivity contribution is 0.869. The van der Waals surface area contributed by atoms with Crippen molar-refractivity contribution in [3.63, 3.8) is 0 Å². The molecule has 0 aromatic carbocycles. The van der Waals surface area contributed by atoms with E-state index < -0.39 is 0 Å². The monoisotopic (exact) mass is 201 g/mol. The Labute approximate surface area is 83.1 Å². The molecule has 1 heterocycles. The first-order valence-corrected chi connectivity index (χ1v) is 6.30. The van der Waals surface area contributed by atoms with Crippen LogP contribution >= 0.6 is 23.5 Å². The van der Waals surface area contributed by atoms with E-state index in [4.69, 9.17) is 0 Å². The van der Waals surface area contributed by atoms with E-state index in [9.17, 15) is 0 Å². The van der Waals surface area contributed by atoms with Crippen molar-refractivity contribution in [1.82, 2.24) is 5.32 Å². The summed E-state index contributed by atoms with van der Waals surface area (Å²) in [5, 5.41) is 3.48. The van der Waals surface area contributed by atoms with Crippen molar-refractivity contribution in [3.05, 3.63) is 22.8 Å². The third-order valence-corrected chi connectivity index (χ3v) is 4.09. The zero-order valence-corrected chi connectivity index (χ0v) is 9.39. The zero-order valence-electron chi connectivity index (χ0n) is 7.76. The Bertz CT molecular complexity index is 209. The van der Waals surface area contributed by atoms with Crippen LogP contribution in [0, 0.1) is 0 Å². The Morgan fingerprint density at radius 1 is 1.67 bits per heavy atom. The first-order chi connectivity index (χ1) is 5.81. The topological polar surface area (TPSA) is 12.0 Å². The van der Waals surface area contributed by atoms with E-state index in [1.807, 2.05) is 23.5 Å². The second-order valence-corrected chi connectivity index (χ2v) is 4.91. The fourth-order valence-electron chi connectivity index (χ4n) is 1.10. The summed E-state index contributed by atoms with van der Waals surface area (Å²) in [4.78, 5) is 1.40. The van der Waals surface area contributed by atoms with Crippen molar-refractivity contribution < 1.29 is 0 Å². The highest BCUT2D eigenvalue weighted by Gasteiger charge is 2.19. The summed E-state index contributed by atoms with van der Waals surface area (Å²) in [5.41, 5.74) is 1.39. The summed E-state index contributed by atoms with van der Waals surface area (Å²) in [6.45, 7) is 4.25. The van der Waals surface area contributed by atoms with Gasteiger partial charge < -0.3 is 5.32 Å². The van der Waals surface area contributed by atoms with Gasteiger partial charge in [-0.3, -0.25) is 0 Å². The third-order valence-electron chi connectivity index (χ3n) is 1.71. The van der Waals surface area contributed by atoms with Crippen molar-refractivity contribution in [3.8, 4) is 0 Å². The highest BCUT2D eigenvalue weighted by molar-refractivity contribution is 8.18. The summed E-state index contributed by atoms with van der Waals surface area (Å²) in [5.74, 6) is 0. The van der Waals surface area contributed by atoms with Crippen LogP contribution in [0.3, 0.4) is 0 Å². The van der Waals surface area contributed by atoms with Gasteiger partial charge in [-0.05, 0) is 19.6 Å². The van der Waals surface area contributed by atoms with Gasteiger partial charge in [-0.15, -0.1) is 11.8 Å². The number of allylic oxidation sites excluding steroid dienone is 3. The van der Waals surface area contributed by atoms with Crippen LogP contribution in [0.5, 0.6) is 0 Å². The Hall–Kier alpha value is -0.0200. The van der Waals surface area contributed by atoms with Crippen molar-refractivity contribution in [1.29, 1.82) is 0 Å². The quantitative estimate of drug-likeness (QED) is 0.753. The van der Waals surface area contributed by atoms with Gasteiger partial charge in [0.2, 0.25) is 0 Å². The molecule has 1 unspecified atom stereocenters. The largest absolute Gasteiger partial charge is 0.367 e. The summed E-state index contributed by atoms with van der Waals surface area (Å²) < 4.78 is 0.520. The molecule has 0 amide bonds. The molecule has 68 valence electrons. The smallest absolute Gasteiger partial charge is 0.124 e. The Kier molecular flexibility index (Phi) is 4.09. The van der Waals surface area contributed by atoms with Gasteiger partial charge in [-0.2, -0.15) is 0 Å². The van der Waals surface area contributed by atoms with E-state index in [-0.39, 0.29) is 0 Å². The highest BCUT2D eigenvalue weighted by Crippen LogP contribution is 2.36. The van der Waals surface area contributed by atoms with Crippen LogP contribution in [0.25, 0.3) is 0 Å². The number of hydrogen-bond donors (Lipinski definition) is 1. The first kappa shape index (κ1) is 10.1. The summed E-state index contributed by atoms with van der Waals surface area (Å²) in [6.07, 6.45) is 7.52.